The zero-order valence-corrected chi connectivity index (χ0v) is 23.5. The Hall–Kier alpha value is -4.08. The van der Waals surface area contributed by atoms with Gasteiger partial charge in [0, 0.05) is 55.2 Å². The Balaban J connectivity index is 1.35. The molecule has 3 aromatic rings. The van der Waals surface area contributed by atoms with Gasteiger partial charge in [-0.2, -0.15) is 0 Å². The number of carbonyl (C=O) groups excluding carboxylic acids is 2. The summed E-state index contributed by atoms with van der Waals surface area (Å²) in [7, 11) is 3.11. The van der Waals surface area contributed by atoms with Crippen LogP contribution in [0.4, 0.5) is 14.9 Å². The molecule has 0 saturated carbocycles. The summed E-state index contributed by atoms with van der Waals surface area (Å²) < 4.78 is 31.2. The summed E-state index contributed by atoms with van der Waals surface area (Å²) in [5.41, 5.74) is 2.54. The van der Waals surface area contributed by atoms with Gasteiger partial charge in [0.1, 0.15) is 18.0 Å². The lowest BCUT2D eigenvalue weighted by atomic mass is 10.1. The maximum absolute atomic E-state index is 14.7. The van der Waals surface area contributed by atoms with Crippen molar-refractivity contribution in [3.63, 3.8) is 0 Å². The van der Waals surface area contributed by atoms with E-state index in [2.05, 4.69) is 10.2 Å². The van der Waals surface area contributed by atoms with Crippen molar-refractivity contribution in [1.29, 1.82) is 0 Å². The second kappa shape index (κ2) is 10.8. The lowest BCUT2D eigenvalue weighted by Crippen LogP contribution is -2.36. The number of aromatic nitrogens is 1. The molecule has 2 unspecified atom stereocenters. The quantitative estimate of drug-likeness (QED) is 0.459. The third-order valence-electron chi connectivity index (χ3n) is 7.19. The van der Waals surface area contributed by atoms with Crippen molar-refractivity contribution >= 4 is 28.6 Å². The minimum atomic E-state index is -0.554. The van der Waals surface area contributed by atoms with E-state index in [0.29, 0.717) is 49.3 Å². The number of nitrogens with zero attached hydrogens (tertiary/aromatic N) is 3. The number of anilines is 1. The van der Waals surface area contributed by atoms with Crippen molar-refractivity contribution in [3.8, 4) is 22.8 Å². The van der Waals surface area contributed by atoms with Crippen molar-refractivity contribution in [2.24, 2.45) is 5.92 Å². The van der Waals surface area contributed by atoms with Gasteiger partial charge in [0.05, 0.1) is 30.9 Å². The monoisotopic (exact) mass is 550 g/mol. The van der Waals surface area contributed by atoms with E-state index >= 15 is 0 Å². The highest BCUT2D eigenvalue weighted by atomic mass is 19.1. The number of fused-ring (bicyclic) bond motifs is 2. The molecule has 2 aliphatic rings. The SMILES string of the molecule is COc1cc2nc(-c3ccc(OCCN(C)C(=O)OC(C)(C)C)cc3)cc(N3CC4CC(=O)NC4C3)c2cc1F. The molecule has 212 valence electrons. The molecular weight excluding hydrogens is 515 g/mol. The number of hydrogen-bond donors (Lipinski definition) is 1. The van der Waals surface area contributed by atoms with Crippen molar-refractivity contribution in [1.82, 2.24) is 15.2 Å². The van der Waals surface area contributed by atoms with Crippen LogP contribution in [0.2, 0.25) is 0 Å². The number of benzene rings is 2. The summed E-state index contributed by atoms with van der Waals surface area (Å²) in [6.07, 6.45) is 0.110. The Labute approximate surface area is 233 Å². The topological polar surface area (TPSA) is 93.2 Å². The van der Waals surface area contributed by atoms with E-state index in [1.165, 1.54) is 18.1 Å². The van der Waals surface area contributed by atoms with Crippen LogP contribution in [0.3, 0.4) is 0 Å². The minimum absolute atomic E-state index is 0.0875. The van der Waals surface area contributed by atoms with E-state index in [0.717, 1.165) is 16.9 Å². The van der Waals surface area contributed by atoms with E-state index < -0.39 is 17.5 Å². The van der Waals surface area contributed by atoms with Crippen molar-refractivity contribution in [3.05, 3.63) is 48.3 Å². The molecule has 0 spiro atoms. The van der Waals surface area contributed by atoms with Crippen LogP contribution < -0.4 is 19.7 Å². The third-order valence-corrected chi connectivity index (χ3v) is 7.19. The first-order chi connectivity index (χ1) is 19.0. The number of rotatable bonds is 7. The molecular formula is C30H35FN4O5. The van der Waals surface area contributed by atoms with Gasteiger partial charge in [-0.25, -0.2) is 14.2 Å². The zero-order valence-electron chi connectivity index (χ0n) is 23.5. The fourth-order valence-electron chi connectivity index (χ4n) is 5.17. The molecule has 0 radical (unpaired) electrons. The van der Waals surface area contributed by atoms with Crippen LogP contribution >= 0.6 is 0 Å². The minimum Gasteiger partial charge on any atom is -0.494 e. The molecule has 9 nitrogen and oxygen atoms in total. The van der Waals surface area contributed by atoms with Gasteiger partial charge in [-0.15, -0.1) is 0 Å². The summed E-state index contributed by atoms with van der Waals surface area (Å²) in [6, 6.07) is 12.7. The molecule has 1 aromatic heterocycles. The first kappa shape index (κ1) is 27.5. The smallest absolute Gasteiger partial charge is 0.410 e. The molecule has 2 aliphatic heterocycles. The molecule has 0 bridgehead atoms. The average Bonchev–Trinajstić information content (AvgIpc) is 3.44. The molecule has 5 rings (SSSR count). The molecule has 2 saturated heterocycles. The molecule has 3 heterocycles. The van der Waals surface area contributed by atoms with E-state index in [9.17, 15) is 14.0 Å². The number of carbonyl (C=O) groups is 2. The first-order valence-corrected chi connectivity index (χ1v) is 13.4. The summed E-state index contributed by atoms with van der Waals surface area (Å²) in [5, 5.41) is 3.75. The summed E-state index contributed by atoms with van der Waals surface area (Å²) in [4.78, 5) is 32.5. The van der Waals surface area contributed by atoms with Crippen LogP contribution in [0.15, 0.2) is 42.5 Å². The normalized spacial score (nSPS) is 18.4. The first-order valence-electron chi connectivity index (χ1n) is 13.4. The number of ether oxygens (including phenoxy) is 3. The number of nitrogens with one attached hydrogen (secondary N) is 1. The van der Waals surface area contributed by atoms with Crippen LogP contribution in [0, 0.1) is 11.7 Å². The van der Waals surface area contributed by atoms with Crippen LogP contribution in [0.5, 0.6) is 11.5 Å². The van der Waals surface area contributed by atoms with Gasteiger partial charge in [-0.05, 0) is 57.2 Å². The average molecular weight is 551 g/mol. The number of likely N-dealkylation sites (N-methyl/N-ethyl adjacent to an activating group) is 1. The van der Waals surface area contributed by atoms with E-state index in [1.807, 2.05) is 51.1 Å². The molecule has 0 aliphatic carbocycles. The molecule has 2 amide bonds. The number of amides is 2. The standard InChI is InChI=1S/C30H35FN4O5/c1-30(2,3)40-29(37)34(4)10-11-39-20-8-6-18(7-9-20)23-14-26(35-16-19-12-28(36)33-25(19)17-35)21-13-22(31)27(38-5)15-24(21)32-23/h6-9,13-15,19,25H,10-12,16-17H2,1-5H3,(H,33,36). The molecule has 40 heavy (non-hydrogen) atoms. The maximum Gasteiger partial charge on any atom is 0.410 e. The van der Waals surface area contributed by atoms with Gasteiger partial charge in [-0.1, -0.05) is 0 Å². The Bertz CT molecular complexity index is 1410. The van der Waals surface area contributed by atoms with E-state index in [-0.39, 0.29) is 23.6 Å². The highest BCUT2D eigenvalue weighted by Crippen LogP contribution is 2.38. The zero-order chi connectivity index (χ0) is 28.6. The molecule has 10 heteroatoms. The molecule has 2 fully saturated rings. The fraction of sp³-hybridized carbons (Fsp3) is 0.433. The second-order valence-electron chi connectivity index (χ2n) is 11.3. The summed E-state index contributed by atoms with van der Waals surface area (Å²) in [5.74, 6) is 0.665. The van der Waals surface area contributed by atoms with E-state index in [1.54, 1.807) is 13.1 Å². The van der Waals surface area contributed by atoms with Gasteiger partial charge in [0.2, 0.25) is 5.91 Å². The Morgan fingerprint density at radius 1 is 1.18 bits per heavy atom. The Kier molecular flexibility index (Phi) is 7.44. The predicted octanol–water partition coefficient (Wildman–Crippen LogP) is 4.62. The summed E-state index contributed by atoms with van der Waals surface area (Å²) in [6.45, 7) is 7.54. The van der Waals surface area contributed by atoms with E-state index in [4.69, 9.17) is 19.2 Å². The second-order valence-corrected chi connectivity index (χ2v) is 11.3. The highest BCUT2D eigenvalue weighted by molar-refractivity contribution is 5.95. The highest BCUT2D eigenvalue weighted by Gasteiger charge is 2.40. The van der Waals surface area contributed by atoms with Crippen molar-refractivity contribution in [2.45, 2.75) is 38.8 Å². The predicted molar refractivity (Wildman–Crippen MR) is 150 cm³/mol. The van der Waals surface area contributed by atoms with Crippen LogP contribution in [-0.2, 0) is 9.53 Å². The Morgan fingerprint density at radius 2 is 1.93 bits per heavy atom. The van der Waals surface area contributed by atoms with Gasteiger partial charge in [0.15, 0.2) is 11.6 Å². The number of halogens is 1. The third kappa shape index (κ3) is 5.90. The molecule has 2 atom stereocenters. The lowest BCUT2D eigenvalue weighted by Gasteiger charge is -2.24. The molecule has 2 aromatic carbocycles. The summed E-state index contributed by atoms with van der Waals surface area (Å²) >= 11 is 0. The van der Waals surface area contributed by atoms with Crippen LogP contribution in [-0.4, -0.2) is 73.9 Å². The fourth-order valence-corrected chi connectivity index (χ4v) is 5.17. The van der Waals surface area contributed by atoms with Gasteiger partial charge in [0.25, 0.3) is 0 Å². The number of hydrogen-bond acceptors (Lipinski definition) is 7. The largest absolute Gasteiger partial charge is 0.494 e. The van der Waals surface area contributed by atoms with Gasteiger partial charge in [-0.3, -0.25) is 4.79 Å². The van der Waals surface area contributed by atoms with Gasteiger partial charge >= 0.3 is 6.09 Å². The Morgan fingerprint density at radius 3 is 2.60 bits per heavy atom. The number of methoxy groups -OCH3 is 1. The number of pyridine rings is 1. The van der Waals surface area contributed by atoms with Crippen LogP contribution in [0.1, 0.15) is 27.2 Å². The van der Waals surface area contributed by atoms with Gasteiger partial charge < -0.3 is 29.3 Å². The maximum atomic E-state index is 14.7. The molecule has 1 N–H and O–H groups in total. The van der Waals surface area contributed by atoms with Crippen molar-refractivity contribution in [2.75, 3.05) is 45.3 Å². The van der Waals surface area contributed by atoms with Crippen LogP contribution in [0.25, 0.3) is 22.2 Å². The van der Waals surface area contributed by atoms with Crippen molar-refractivity contribution < 1.29 is 28.2 Å². The lowest BCUT2D eigenvalue weighted by molar-refractivity contribution is -0.119.